The number of aromatic nitrogens is 2. The minimum atomic E-state index is -3.70. The van der Waals surface area contributed by atoms with Crippen molar-refractivity contribution in [2.75, 3.05) is 90.6 Å². The first kappa shape index (κ1) is 47.9. The highest BCUT2D eigenvalue weighted by molar-refractivity contribution is 7.89. The molecular weight excluding hydrogens is 987 g/mol. The maximum absolute atomic E-state index is 13.0. The Balaban J connectivity index is 0.000000191. The summed E-state index contributed by atoms with van der Waals surface area (Å²) < 4.78 is 76.5. The minimum Gasteiger partial charge on any atom is -0.497 e. The number of nitrogens with zero attached hydrogens (tertiary/aromatic N) is 6. The van der Waals surface area contributed by atoms with Crippen molar-refractivity contribution < 1.29 is 35.8 Å². The highest BCUT2D eigenvalue weighted by Crippen LogP contribution is 2.38. The molecular formula is C42H42Cl4N6O8S4. The molecule has 0 saturated carbocycles. The highest BCUT2D eigenvalue weighted by atomic mass is 35.5. The minimum absolute atomic E-state index is 0.0682. The van der Waals surface area contributed by atoms with Crippen LogP contribution in [0.3, 0.4) is 0 Å². The molecule has 4 heterocycles. The predicted molar refractivity (Wildman–Crippen MR) is 256 cm³/mol. The first-order valence-corrected chi connectivity index (χ1v) is 25.6. The zero-order valence-corrected chi connectivity index (χ0v) is 41.1. The van der Waals surface area contributed by atoms with E-state index in [-0.39, 0.29) is 19.8 Å². The highest BCUT2D eigenvalue weighted by Gasteiger charge is 2.33. The number of piperazine rings is 2. The van der Waals surface area contributed by atoms with Gasteiger partial charge in [0.25, 0.3) is 0 Å². The van der Waals surface area contributed by atoms with Crippen LogP contribution in [-0.2, 0) is 20.0 Å². The Morgan fingerprint density at radius 1 is 0.500 bits per heavy atom. The summed E-state index contributed by atoms with van der Waals surface area (Å²) >= 11 is 27.1. The SMILES string of the molecule is COc1ccc(-c2csc(N3CCN(S(=O)(=O)c4ccc(Cl)cc4Cl)CC3)n2)c(OC)c1.COc1ccc(OC)c(-c2csc(N3CCN(S(=O)(=O)c4ccc(Cl)cc4Cl)CC3)n2)c1. The Bertz CT molecular complexity index is 2830. The lowest BCUT2D eigenvalue weighted by Gasteiger charge is -2.33. The van der Waals surface area contributed by atoms with Crippen molar-refractivity contribution in [3.63, 3.8) is 0 Å². The van der Waals surface area contributed by atoms with Crippen molar-refractivity contribution in [1.82, 2.24) is 18.6 Å². The second-order valence-corrected chi connectivity index (χ2v) is 21.3. The van der Waals surface area contributed by atoms with Gasteiger partial charge in [-0.05, 0) is 66.7 Å². The van der Waals surface area contributed by atoms with Gasteiger partial charge in [-0.25, -0.2) is 26.8 Å². The van der Waals surface area contributed by atoms with Crippen molar-refractivity contribution in [3.8, 4) is 45.5 Å². The van der Waals surface area contributed by atoms with Crippen LogP contribution in [0.25, 0.3) is 22.5 Å². The molecule has 2 aliphatic rings. The molecule has 0 spiro atoms. The lowest BCUT2D eigenvalue weighted by atomic mass is 10.1. The second kappa shape index (κ2) is 20.6. The van der Waals surface area contributed by atoms with E-state index >= 15 is 0 Å². The number of methoxy groups -OCH3 is 4. The zero-order chi connectivity index (χ0) is 45.8. The van der Waals surface area contributed by atoms with Gasteiger partial charge >= 0.3 is 0 Å². The van der Waals surface area contributed by atoms with Crippen LogP contribution in [0.15, 0.2) is 93.3 Å². The van der Waals surface area contributed by atoms with Crippen molar-refractivity contribution in [3.05, 3.63) is 104 Å². The fourth-order valence-electron chi connectivity index (χ4n) is 6.98. The van der Waals surface area contributed by atoms with Gasteiger partial charge in [0.1, 0.15) is 32.8 Å². The molecule has 4 aromatic carbocycles. The summed E-state index contributed by atoms with van der Waals surface area (Å²) in [4.78, 5) is 13.8. The third-order valence-corrected chi connectivity index (χ3v) is 17.4. The van der Waals surface area contributed by atoms with Crippen LogP contribution < -0.4 is 28.7 Å². The number of thiazole rings is 2. The Labute approximate surface area is 400 Å². The van der Waals surface area contributed by atoms with E-state index in [9.17, 15) is 16.8 Å². The Kier molecular flexibility index (Phi) is 15.4. The Morgan fingerprint density at radius 3 is 1.38 bits per heavy atom. The zero-order valence-electron chi connectivity index (χ0n) is 34.8. The molecule has 8 rings (SSSR count). The van der Waals surface area contributed by atoms with Gasteiger partial charge in [-0.3, -0.25) is 0 Å². The van der Waals surface area contributed by atoms with Gasteiger partial charge in [-0.1, -0.05) is 46.4 Å². The average Bonchev–Trinajstić information content (AvgIpc) is 4.00. The number of rotatable bonds is 12. The molecule has 2 aromatic heterocycles. The number of hydrogen-bond acceptors (Lipinski definition) is 14. The van der Waals surface area contributed by atoms with Gasteiger partial charge in [-0.2, -0.15) is 8.61 Å². The van der Waals surface area contributed by atoms with Crippen molar-refractivity contribution in [1.29, 1.82) is 0 Å². The van der Waals surface area contributed by atoms with E-state index in [1.807, 2.05) is 47.2 Å². The van der Waals surface area contributed by atoms with Gasteiger partial charge in [0.15, 0.2) is 10.3 Å². The molecule has 6 aromatic rings. The predicted octanol–water partition coefficient (Wildman–Crippen LogP) is 9.29. The van der Waals surface area contributed by atoms with E-state index in [1.54, 1.807) is 28.4 Å². The standard InChI is InChI=1S/2C21H21Cl2N3O4S2/c1-29-15-4-5-19(30-2)16(12-15)18-13-31-21(24-18)25-7-9-26(10-8-25)32(27,28)20-6-3-14(22)11-17(20)23;1-29-15-4-5-16(19(12-15)30-2)18-13-31-21(24-18)25-7-9-26(10-8-25)32(27,28)20-6-3-14(22)11-17(20)23/h2*3-6,11-13H,7-10H2,1-2H3. The van der Waals surface area contributed by atoms with E-state index in [2.05, 4.69) is 9.80 Å². The average molecular weight is 1030 g/mol. The molecule has 0 N–H and O–H groups in total. The number of halogens is 4. The molecule has 2 aliphatic heterocycles. The second-order valence-electron chi connectivity index (χ2n) is 14.1. The molecule has 22 heteroatoms. The number of anilines is 2. The molecule has 0 radical (unpaired) electrons. The van der Waals surface area contributed by atoms with Crippen molar-refractivity contribution >= 4 is 99.4 Å². The van der Waals surface area contributed by atoms with E-state index in [4.69, 9.17) is 75.3 Å². The van der Waals surface area contributed by atoms with Gasteiger partial charge in [0.2, 0.25) is 20.0 Å². The molecule has 2 fully saturated rings. The first-order valence-electron chi connectivity index (χ1n) is 19.4. The van der Waals surface area contributed by atoms with Crippen LogP contribution in [0.1, 0.15) is 0 Å². The number of ether oxygens (including phenoxy) is 4. The lowest BCUT2D eigenvalue weighted by Crippen LogP contribution is -2.48. The number of benzene rings is 4. The molecule has 14 nitrogen and oxygen atoms in total. The number of sulfonamides is 2. The summed E-state index contributed by atoms with van der Waals surface area (Å²) in [5.41, 5.74) is 3.29. The lowest BCUT2D eigenvalue weighted by molar-refractivity contribution is 0.384. The van der Waals surface area contributed by atoms with Gasteiger partial charge in [0.05, 0.1) is 49.9 Å². The third kappa shape index (κ3) is 10.5. The van der Waals surface area contributed by atoms with Gasteiger partial charge in [0, 0.05) is 90.4 Å². The Morgan fingerprint density at radius 2 is 0.938 bits per heavy atom. The van der Waals surface area contributed by atoms with Crippen LogP contribution in [0.5, 0.6) is 23.0 Å². The van der Waals surface area contributed by atoms with E-state index in [0.717, 1.165) is 38.5 Å². The molecule has 64 heavy (non-hydrogen) atoms. The molecule has 0 aliphatic carbocycles. The van der Waals surface area contributed by atoms with Crippen LogP contribution in [0.4, 0.5) is 10.3 Å². The van der Waals surface area contributed by atoms with Crippen LogP contribution in [0, 0.1) is 0 Å². The maximum atomic E-state index is 13.0. The van der Waals surface area contributed by atoms with Gasteiger partial charge in [-0.15, -0.1) is 22.7 Å². The van der Waals surface area contributed by atoms with E-state index in [1.165, 1.54) is 67.7 Å². The fraction of sp³-hybridized carbons (Fsp3) is 0.286. The summed E-state index contributed by atoms with van der Waals surface area (Å²) in [6.07, 6.45) is 0. The Hall–Kier alpha value is -4.08. The van der Waals surface area contributed by atoms with Crippen LogP contribution in [-0.4, -0.2) is 116 Å². The molecule has 2 saturated heterocycles. The fourth-order valence-corrected chi connectivity index (χ4v) is 13.1. The molecule has 0 unspecified atom stereocenters. The summed E-state index contributed by atoms with van der Waals surface area (Å²) in [5, 5.41) is 6.62. The topological polar surface area (TPSA) is 144 Å². The quantitative estimate of drug-likeness (QED) is 0.115. The third-order valence-electron chi connectivity index (χ3n) is 10.4. The van der Waals surface area contributed by atoms with Crippen LogP contribution >= 0.6 is 69.1 Å². The molecule has 0 bridgehead atoms. The summed E-state index contributed by atoms with van der Waals surface area (Å²) in [7, 11) is -0.952. The van der Waals surface area contributed by atoms with E-state index in [0.29, 0.717) is 79.7 Å². The van der Waals surface area contributed by atoms with Crippen molar-refractivity contribution in [2.24, 2.45) is 0 Å². The normalized spacial score (nSPS) is 15.1. The maximum Gasteiger partial charge on any atom is 0.244 e. The van der Waals surface area contributed by atoms with Crippen molar-refractivity contribution in [2.45, 2.75) is 9.79 Å². The summed E-state index contributed by atoms with van der Waals surface area (Å²) in [6, 6.07) is 20.0. The largest absolute Gasteiger partial charge is 0.497 e. The summed E-state index contributed by atoms with van der Waals surface area (Å²) in [6.45, 7) is 3.43. The number of hydrogen-bond donors (Lipinski definition) is 0. The first-order chi connectivity index (χ1) is 30.7. The molecule has 0 amide bonds. The molecule has 0 atom stereocenters. The smallest absolute Gasteiger partial charge is 0.244 e. The monoisotopic (exact) mass is 1030 g/mol. The molecule has 340 valence electrons. The van der Waals surface area contributed by atoms with Gasteiger partial charge < -0.3 is 28.7 Å². The summed E-state index contributed by atoms with van der Waals surface area (Å²) in [5.74, 6) is 2.81. The van der Waals surface area contributed by atoms with Crippen LogP contribution in [0.2, 0.25) is 20.1 Å². The van der Waals surface area contributed by atoms with E-state index < -0.39 is 20.0 Å².